The quantitative estimate of drug-likeness (QED) is 0.447. The van der Waals surface area contributed by atoms with Crippen LogP contribution < -0.4 is 4.74 Å². The van der Waals surface area contributed by atoms with Gasteiger partial charge < -0.3 is 4.74 Å². The summed E-state index contributed by atoms with van der Waals surface area (Å²) in [5, 5.41) is 4.04. The van der Waals surface area contributed by atoms with E-state index in [9.17, 15) is 17.6 Å². The SMILES string of the molecule is O=C(CCc1cccc(OCc2ccsc2)c1)[C@@H]1CCCN1S(=O)(=O)c1ccc(F)cc1. The molecule has 1 aromatic heterocycles. The van der Waals surface area contributed by atoms with E-state index in [1.165, 1.54) is 16.4 Å². The Morgan fingerprint density at radius 3 is 2.69 bits per heavy atom. The Labute approximate surface area is 191 Å². The number of thiophene rings is 1. The Morgan fingerprint density at radius 1 is 1.12 bits per heavy atom. The van der Waals surface area contributed by atoms with Crippen LogP contribution in [0, 0.1) is 5.82 Å². The number of Topliss-reactive ketones (excluding diaryl/α,β-unsaturated/α-hetero) is 1. The van der Waals surface area contributed by atoms with Gasteiger partial charge in [-0.25, -0.2) is 12.8 Å². The number of halogens is 1. The number of hydrogen-bond acceptors (Lipinski definition) is 5. The Bertz CT molecular complexity index is 1160. The maximum atomic E-state index is 13.2. The van der Waals surface area contributed by atoms with Gasteiger partial charge in [0.05, 0.1) is 10.9 Å². The van der Waals surface area contributed by atoms with Crippen molar-refractivity contribution >= 4 is 27.1 Å². The number of aryl methyl sites for hydroxylation is 1. The number of ether oxygens (including phenoxy) is 1. The summed E-state index contributed by atoms with van der Waals surface area (Å²) in [6, 6.07) is 13.7. The highest BCUT2D eigenvalue weighted by Crippen LogP contribution is 2.28. The predicted octanol–water partition coefficient (Wildman–Crippen LogP) is 4.82. The Kier molecular flexibility index (Phi) is 7.03. The number of nitrogens with zero attached hydrogens (tertiary/aromatic N) is 1. The number of carbonyl (C=O) groups excluding carboxylic acids is 1. The van der Waals surface area contributed by atoms with Crippen LogP contribution in [-0.2, 0) is 27.8 Å². The van der Waals surface area contributed by atoms with E-state index < -0.39 is 21.9 Å². The maximum Gasteiger partial charge on any atom is 0.243 e. The van der Waals surface area contributed by atoms with E-state index in [4.69, 9.17) is 4.74 Å². The first kappa shape index (κ1) is 22.6. The highest BCUT2D eigenvalue weighted by molar-refractivity contribution is 7.89. The highest BCUT2D eigenvalue weighted by atomic mass is 32.2. The van der Waals surface area contributed by atoms with Crippen molar-refractivity contribution in [1.29, 1.82) is 0 Å². The zero-order chi connectivity index (χ0) is 22.6. The fourth-order valence-electron chi connectivity index (χ4n) is 3.86. The molecule has 0 saturated carbocycles. The average Bonchev–Trinajstić information content (AvgIpc) is 3.49. The summed E-state index contributed by atoms with van der Waals surface area (Å²) >= 11 is 1.62. The van der Waals surface area contributed by atoms with Crippen molar-refractivity contribution in [3.63, 3.8) is 0 Å². The first-order valence-electron chi connectivity index (χ1n) is 10.5. The molecule has 0 N–H and O–H groups in total. The molecule has 0 spiro atoms. The molecule has 8 heteroatoms. The molecule has 2 aromatic carbocycles. The largest absolute Gasteiger partial charge is 0.489 e. The maximum absolute atomic E-state index is 13.2. The monoisotopic (exact) mass is 473 g/mol. The third-order valence-electron chi connectivity index (χ3n) is 5.54. The molecule has 5 nitrogen and oxygen atoms in total. The molecule has 1 fully saturated rings. The lowest BCUT2D eigenvalue weighted by molar-refractivity contribution is -0.122. The van der Waals surface area contributed by atoms with Gasteiger partial charge in [0.1, 0.15) is 18.2 Å². The van der Waals surface area contributed by atoms with E-state index >= 15 is 0 Å². The second kappa shape index (κ2) is 9.94. The Morgan fingerprint density at radius 2 is 1.94 bits per heavy atom. The summed E-state index contributed by atoms with van der Waals surface area (Å²) < 4.78 is 46.3. The molecule has 4 rings (SSSR count). The van der Waals surface area contributed by atoms with Crippen LogP contribution in [0.3, 0.4) is 0 Å². The fourth-order valence-corrected chi connectivity index (χ4v) is 6.19. The first-order valence-corrected chi connectivity index (χ1v) is 12.8. The molecule has 1 atom stereocenters. The Hall–Kier alpha value is -2.55. The van der Waals surface area contributed by atoms with Crippen LogP contribution in [0.2, 0.25) is 0 Å². The fraction of sp³-hybridized carbons (Fsp3) is 0.292. The molecular weight excluding hydrogens is 449 g/mol. The van der Waals surface area contributed by atoms with E-state index in [2.05, 4.69) is 0 Å². The lowest BCUT2D eigenvalue weighted by atomic mass is 10.0. The topological polar surface area (TPSA) is 63.7 Å². The van der Waals surface area contributed by atoms with Crippen LogP contribution in [0.4, 0.5) is 4.39 Å². The predicted molar refractivity (Wildman–Crippen MR) is 122 cm³/mol. The zero-order valence-electron chi connectivity index (χ0n) is 17.4. The van der Waals surface area contributed by atoms with Crippen molar-refractivity contribution in [3.8, 4) is 5.75 Å². The van der Waals surface area contributed by atoms with Crippen molar-refractivity contribution in [3.05, 3.63) is 82.3 Å². The molecule has 0 unspecified atom stereocenters. The van der Waals surface area contributed by atoms with Gasteiger partial charge in [0, 0.05) is 13.0 Å². The van der Waals surface area contributed by atoms with Gasteiger partial charge in [-0.15, -0.1) is 0 Å². The van der Waals surface area contributed by atoms with Crippen molar-refractivity contribution < 1.29 is 22.3 Å². The third kappa shape index (κ3) is 5.26. The average molecular weight is 474 g/mol. The van der Waals surface area contributed by atoms with Gasteiger partial charge in [-0.1, -0.05) is 12.1 Å². The number of carbonyl (C=O) groups is 1. The second-order valence-corrected chi connectivity index (χ2v) is 10.4. The van der Waals surface area contributed by atoms with Gasteiger partial charge in [0.2, 0.25) is 10.0 Å². The van der Waals surface area contributed by atoms with Crippen molar-refractivity contribution in [2.75, 3.05) is 6.54 Å². The van der Waals surface area contributed by atoms with Crippen molar-refractivity contribution in [2.24, 2.45) is 0 Å². The van der Waals surface area contributed by atoms with Gasteiger partial charge in [-0.05, 0) is 83.6 Å². The van der Waals surface area contributed by atoms with Crippen molar-refractivity contribution in [2.45, 2.75) is 43.2 Å². The molecule has 0 radical (unpaired) electrons. The van der Waals surface area contributed by atoms with Gasteiger partial charge in [0.15, 0.2) is 5.78 Å². The zero-order valence-corrected chi connectivity index (χ0v) is 19.1. The van der Waals surface area contributed by atoms with Crippen LogP contribution in [0.5, 0.6) is 5.75 Å². The summed E-state index contributed by atoms with van der Waals surface area (Å²) in [6.45, 7) is 0.784. The molecule has 32 heavy (non-hydrogen) atoms. The summed E-state index contributed by atoms with van der Waals surface area (Å²) in [6.07, 6.45) is 1.88. The standard InChI is InChI=1S/C24H24FNO4S2/c25-20-7-9-22(10-8-20)32(28,29)26-13-2-5-23(26)24(27)11-6-18-3-1-4-21(15-18)30-16-19-12-14-31-17-19/h1,3-4,7-10,12,14-15,17,23H,2,5-6,11,13,16H2/t23-/m0/s1. The number of sulfonamides is 1. The van der Waals surface area contributed by atoms with E-state index in [0.29, 0.717) is 32.4 Å². The number of benzene rings is 2. The summed E-state index contributed by atoms with van der Waals surface area (Å²) in [4.78, 5) is 12.9. The minimum absolute atomic E-state index is 0.00840. The molecule has 3 aromatic rings. The lowest BCUT2D eigenvalue weighted by Gasteiger charge is -2.23. The van der Waals surface area contributed by atoms with Gasteiger partial charge >= 0.3 is 0 Å². The lowest BCUT2D eigenvalue weighted by Crippen LogP contribution is -2.40. The summed E-state index contributed by atoms with van der Waals surface area (Å²) in [7, 11) is -3.84. The third-order valence-corrected chi connectivity index (χ3v) is 8.19. The van der Waals surface area contributed by atoms with Gasteiger partial charge in [-0.2, -0.15) is 15.6 Å². The molecule has 2 heterocycles. The van der Waals surface area contributed by atoms with Crippen LogP contribution in [0.1, 0.15) is 30.4 Å². The molecule has 168 valence electrons. The van der Waals surface area contributed by atoms with E-state index in [-0.39, 0.29) is 17.1 Å². The molecule has 0 amide bonds. The van der Waals surface area contributed by atoms with E-state index in [1.54, 1.807) is 11.3 Å². The van der Waals surface area contributed by atoms with Crippen molar-refractivity contribution in [1.82, 2.24) is 4.31 Å². The molecule has 1 saturated heterocycles. The van der Waals surface area contributed by atoms with E-state index in [1.807, 2.05) is 41.1 Å². The minimum atomic E-state index is -3.84. The van der Waals surface area contributed by atoms with Crippen LogP contribution in [-0.4, -0.2) is 31.1 Å². The minimum Gasteiger partial charge on any atom is -0.489 e. The number of hydrogen-bond donors (Lipinski definition) is 0. The van der Waals surface area contributed by atoms with Crippen LogP contribution >= 0.6 is 11.3 Å². The van der Waals surface area contributed by atoms with E-state index in [0.717, 1.165) is 29.0 Å². The smallest absolute Gasteiger partial charge is 0.243 e. The molecular formula is C24H24FNO4S2. The van der Waals surface area contributed by atoms with Crippen LogP contribution in [0.25, 0.3) is 0 Å². The summed E-state index contributed by atoms with van der Waals surface area (Å²) in [5.74, 6) is 0.139. The number of rotatable bonds is 9. The van der Waals surface area contributed by atoms with Gasteiger partial charge in [0.25, 0.3) is 0 Å². The summed E-state index contributed by atoms with van der Waals surface area (Å²) in [5.41, 5.74) is 2.08. The van der Waals surface area contributed by atoms with Crippen LogP contribution in [0.15, 0.2) is 70.3 Å². The van der Waals surface area contributed by atoms with Gasteiger partial charge in [-0.3, -0.25) is 4.79 Å². The molecule has 1 aliphatic heterocycles. The second-order valence-electron chi connectivity index (χ2n) is 7.76. The Balaban J connectivity index is 1.38. The molecule has 0 aliphatic carbocycles. The first-order chi connectivity index (χ1) is 15.4. The number of ketones is 1. The molecule has 0 bridgehead atoms. The highest BCUT2D eigenvalue weighted by Gasteiger charge is 2.38. The normalized spacial score (nSPS) is 16.8. The molecule has 1 aliphatic rings.